The predicted molar refractivity (Wildman–Crippen MR) is 134 cm³/mol. The summed E-state index contributed by atoms with van der Waals surface area (Å²) >= 11 is 0. The molecule has 0 spiro atoms. The molecule has 4 rings (SSSR count). The Balaban J connectivity index is 1.51. The van der Waals surface area contributed by atoms with Crippen LogP contribution in [-0.2, 0) is 24.3 Å². The molecule has 6 heteroatoms. The molecule has 0 atom stereocenters. The van der Waals surface area contributed by atoms with Gasteiger partial charge in [0, 0.05) is 30.2 Å². The average Bonchev–Trinajstić information content (AvgIpc) is 2.87. The van der Waals surface area contributed by atoms with Crippen LogP contribution in [-0.4, -0.2) is 16.8 Å². The van der Waals surface area contributed by atoms with Crippen molar-refractivity contribution in [2.45, 2.75) is 26.4 Å². The van der Waals surface area contributed by atoms with Gasteiger partial charge in [-0.05, 0) is 71.6 Å². The van der Waals surface area contributed by atoms with Gasteiger partial charge in [0.1, 0.15) is 5.82 Å². The van der Waals surface area contributed by atoms with Crippen molar-refractivity contribution in [3.8, 4) is 0 Å². The lowest BCUT2D eigenvalue weighted by Gasteiger charge is -2.24. The molecule has 0 bridgehead atoms. The number of carbonyl (C=O) groups is 2. The fourth-order valence-corrected chi connectivity index (χ4v) is 3.80. The van der Waals surface area contributed by atoms with E-state index in [2.05, 4.69) is 10.3 Å². The highest BCUT2D eigenvalue weighted by Gasteiger charge is 2.20. The number of aryl methyl sites for hydroxylation is 1. The highest BCUT2D eigenvalue weighted by atomic mass is 19.1. The van der Waals surface area contributed by atoms with Crippen molar-refractivity contribution in [3.63, 3.8) is 0 Å². The fourth-order valence-electron chi connectivity index (χ4n) is 3.80. The Morgan fingerprint density at radius 3 is 2.31 bits per heavy atom. The van der Waals surface area contributed by atoms with E-state index < -0.39 is 0 Å². The number of nitrogens with one attached hydrogen (secondary N) is 1. The SMILES string of the molecule is Cc1ccccc1C(=O)N(Cc1cccc(F)c1)c1ccc(CC(=O)NCc2ccncc2)cc1. The molecule has 3 aromatic carbocycles. The molecule has 0 aliphatic carbocycles. The van der Waals surface area contributed by atoms with Crippen LogP contribution in [0.4, 0.5) is 10.1 Å². The van der Waals surface area contributed by atoms with Crippen LogP contribution in [0.3, 0.4) is 0 Å². The molecular weight excluding hydrogens is 441 g/mol. The van der Waals surface area contributed by atoms with E-state index >= 15 is 0 Å². The summed E-state index contributed by atoms with van der Waals surface area (Å²) in [6.45, 7) is 2.55. The highest BCUT2D eigenvalue weighted by Crippen LogP contribution is 2.23. The highest BCUT2D eigenvalue weighted by molar-refractivity contribution is 6.07. The predicted octanol–water partition coefficient (Wildman–Crippen LogP) is 5.24. The van der Waals surface area contributed by atoms with Gasteiger partial charge in [-0.2, -0.15) is 0 Å². The number of halogens is 1. The summed E-state index contributed by atoms with van der Waals surface area (Å²) in [5, 5.41) is 2.90. The van der Waals surface area contributed by atoms with E-state index in [1.54, 1.807) is 35.5 Å². The molecule has 0 unspecified atom stereocenters. The number of hydrogen-bond acceptors (Lipinski definition) is 3. The van der Waals surface area contributed by atoms with E-state index in [4.69, 9.17) is 0 Å². The topological polar surface area (TPSA) is 62.3 Å². The van der Waals surface area contributed by atoms with Crippen LogP contribution in [0.25, 0.3) is 0 Å². The molecule has 0 aliphatic heterocycles. The van der Waals surface area contributed by atoms with Crippen LogP contribution in [0.15, 0.2) is 97.3 Å². The van der Waals surface area contributed by atoms with Crippen molar-refractivity contribution in [2.24, 2.45) is 0 Å². The second-order valence-corrected chi connectivity index (χ2v) is 8.31. The summed E-state index contributed by atoms with van der Waals surface area (Å²) in [4.78, 5) is 31.5. The third-order valence-corrected chi connectivity index (χ3v) is 5.70. The van der Waals surface area contributed by atoms with E-state index in [0.29, 0.717) is 23.4 Å². The molecule has 0 saturated heterocycles. The minimum atomic E-state index is -0.348. The maximum Gasteiger partial charge on any atom is 0.258 e. The van der Waals surface area contributed by atoms with Crippen LogP contribution in [0, 0.1) is 12.7 Å². The maximum atomic E-state index is 13.8. The second-order valence-electron chi connectivity index (χ2n) is 8.31. The number of rotatable bonds is 8. The van der Waals surface area contributed by atoms with Crippen molar-refractivity contribution in [1.29, 1.82) is 0 Å². The molecule has 1 N–H and O–H groups in total. The molecule has 4 aromatic rings. The van der Waals surface area contributed by atoms with Gasteiger partial charge in [-0.25, -0.2) is 4.39 Å². The van der Waals surface area contributed by atoms with Gasteiger partial charge in [0.25, 0.3) is 5.91 Å². The molecule has 0 saturated carbocycles. The molecule has 1 heterocycles. The van der Waals surface area contributed by atoms with Crippen molar-refractivity contribution < 1.29 is 14.0 Å². The standard InChI is InChI=1S/C29H26FN3O2/c1-21-5-2-3-8-27(21)29(35)33(20-24-6-4-7-25(30)17-24)26-11-9-22(10-12-26)18-28(34)32-19-23-13-15-31-16-14-23/h2-17H,18-20H2,1H3,(H,32,34). The van der Waals surface area contributed by atoms with Crippen LogP contribution in [0.1, 0.15) is 32.6 Å². The largest absolute Gasteiger partial charge is 0.352 e. The lowest BCUT2D eigenvalue weighted by Crippen LogP contribution is -2.31. The molecular formula is C29H26FN3O2. The monoisotopic (exact) mass is 467 g/mol. The zero-order chi connectivity index (χ0) is 24.6. The summed E-state index contributed by atoms with van der Waals surface area (Å²) in [6.07, 6.45) is 3.60. The summed E-state index contributed by atoms with van der Waals surface area (Å²) in [7, 11) is 0. The quantitative estimate of drug-likeness (QED) is 0.386. The molecule has 0 fully saturated rings. The number of pyridine rings is 1. The number of anilines is 1. The van der Waals surface area contributed by atoms with Gasteiger partial charge >= 0.3 is 0 Å². The molecule has 35 heavy (non-hydrogen) atoms. The van der Waals surface area contributed by atoms with E-state index in [1.165, 1.54) is 12.1 Å². The van der Waals surface area contributed by atoms with Gasteiger partial charge in [-0.1, -0.05) is 42.5 Å². The van der Waals surface area contributed by atoms with Gasteiger partial charge in [0.05, 0.1) is 13.0 Å². The third-order valence-electron chi connectivity index (χ3n) is 5.70. The van der Waals surface area contributed by atoms with Gasteiger partial charge < -0.3 is 10.2 Å². The number of nitrogens with zero attached hydrogens (tertiary/aromatic N) is 2. The molecule has 1 aromatic heterocycles. The zero-order valence-corrected chi connectivity index (χ0v) is 19.4. The smallest absolute Gasteiger partial charge is 0.258 e. The molecule has 2 amide bonds. The summed E-state index contributed by atoms with van der Waals surface area (Å²) in [6, 6.07) is 24.7. The minimum absolute atomic E-state index is 0.0952. The molecule has 5 nitrogen and oxygen atoms in total. The number of benzene rings is 3. The number of hydrogen-bond donors (Lipinski definition) is 1. The van der Waals surface area contributed by atoms with Gasteiger partial charge in [-0.15, -0.1) is 0 Å². The first-order chi connectivity index (χ1) is 17.0. The Morgan fingerprint density at radius 1 is 0.857 bits per heavy atom. The van der Waals surface area contributed by atoms with Gasteiger partial charge in [0.2, 0.25) is 5.91 Å². The molecule has 0 aliphatic rings. The fraction of sp³-hybridized carbons (Fsp3) is 0.138. The lowest BCUT2D eigenvalue weighted by molar-refractivity contribution is -0.120. The first-order valence-electron chi connectivity index (χ1n) is 11.4. The third kappa shape index (κ3) is 6.38. The molecule has 0 radical (unpaired) electrons. The van der Waals surface area contributed by atoms with Crippen LogP contribution in [0.2, 0.25) is 0 Å². The van der Waals surface area contributed by atoms with Gasteiger partial charge in [-0.3, -0.25) is 14.6 Å². The van der Waals surface area contributed by atoms with E-state index in [9.17, 15) is 14.0 Å². The Bertz CT molecular complexity index is 1310. The van der Waals surface area contributed by atoms with Crippen molar-refractivity contribution in [1.82, 2.24) is 10.3 Å². The number of aromatic nitrogens is 1. The van der Waals surface area contributed by atoms with Crippen LogP contribution >= 0.6 is 0 Å². The molecule has 176 valence electrons. The van der Waals surface area contributed by atoms with Gasteiger partial charge in [0.15, 0.2) is 0 Å². The van der Waals surface area contributed by atoms with E-state index in [1.807, 2.05) is 61.5 Å². The first-order valence-corrected chi connectivity index (χ1v) is 11.4. The summed E-state index contributed by atoms with van der Waals surface area (Å²) in [5.41, 5.74) is 4.61. The Labute approximate surface area is 204 Å². The second kappa shape index (κ2) is 11.2. The van der Waals surface area contributed by atoms with Crippen molar-refractivity contribution in [2.75, 3.05) is 4.90 Å². The number of carbonyl (C=O) groups excluding carboxylic acids is 2. The Hall–Kier alpha value is -4.32. The lowest BCUT2D eigenvalue weighted by atomic mass is 10.1. The number of amides is 2. The normalized spacial score (nSPS) is 10.6. The van der Waals surface area contributed by atoms with Crippen molar-refractivity contribution >= 4 is 17.5 Å². The maximum absolute atomic E-state index is 13.8. The van der Waals surface area contributed by atoms with E-state index in [0.717, 1.165) is 16.7 Å². The zero-order valence-electron chi connectivity index (χ0n) is 19.4. The summed E-state index contributed by atoms with van der Waals surface area (Å²) < 4.78 is 13.8. The van der Waals surface area contributed by atoms with Crippen LogP contribution < -0.4 is 10.2 Å². The minimum Gasteiger partial charge on any atom is -0.352 e. The Morgan fingerprint density at radius 2 is 1.60 bits per heavy atom. The Kier molecular flexibility index (Phi) is 7.63. The van der Waals surface area contributed by atoms with Crippen LogP contribution in [0.5, 0.6) is 0 Å². The first kappa shape index (κ1) is 23.8. The van der Waals surface area contributed by atoms with E-state index in [-0.39, 0.29) is 30.6 Å². The average molecular weight is 468 g/mol. The summed E-state index contributed by atoms with van der Waals surface area (Å²) in [5.74, 6) is -0.615. The van der Waals surface area contributed by atoms with Crippen molar-refractivity contribution in [3.05, 3.63) is 131 Å².